The Bertz CT molecular complexity index is 878. The van der Waals surface area contributed by atoms with Gasteiger partial charge in [-0.3, -0.25) is 9.59 Å². The third kappa shape index (κ3) is 5.15. The van der Waals surface area contributed by atoms with Gasteiger partial charge in [-0.05, 0) is 19.1 Å². The van der Waals surface area contributed by atoms with Crippen LogP contribution in [0.2, 0.25) is 0 Å². The van der Waals surface area contributed by atoms with Gasteiger partial charge in [-0.15, -0.1) is 0 Å². The zero-order valence-electron chi connectivity index (χ0n) is 14.6. The van der Waals surface area contributed by atoms with E-state index in [1.165, 1.54) is 17.4 Å². The van der Waals surface area contributed by atoms with Gasteiger partial charge in [0.2, 0.25) is 10.0 Å². The lowest BCUT2D eigenvalue weighted by molar-refractivity contribution is -0.112. The van der Waals surface area contributed by atoms with Crippen LogP contribution in [0.4, 0.5) is 5.69 Å². The average Bonchev–Trinajstić information content (AvgIpc) is 2.59. The molecular formula is C17H20N4O4S. The van der Waals surface area contributed by atoms with Crippen molar-refractivity contribution in [2.45, 2.75) is 6.92 Å². The molecule has 0 saturated carbocycles. The predicted octanol–water partition coefficient (Wildman–Crippen LogP) is 0.812. The van der Waals surface area contributed by atoms with E-state index in [-0.39, 0.29) is 11.4 Å². The van der Waals surface area contributed by atoms with Crippen LogP contribution in [-0.4, -0.2) is 61.7 Å². The maximum Gasteiger partial charge on any atom is 0.267 e. The van der Waals surface area contributed by atoms with Crippen LogP contribution >= 0.6 is 0 Å². The maximum atomic E-state index is 12.3. The Labute approximate surface area is 152 Å². The lowest BCUT2D eigenvalue weighted by Gasteiger charge is -2.32. The second kappa shape index (κ2) is 8.12. The fraction of sp³-hybridized carbons (Fsp3) is 0.353. The number of anilines is 1. The van der Waals surface area contributed by atoms with E-state index in [4.69, 9.17) is 0 Å². The molecule has 0 unspecified atom stereocenters. The number of sulfonamides is 1. The van der Waals surface area contributed by atoms with Crippen molar-refractivity contribution in [3.8, 4) is 6.07 Å². The highest BCUT2D eigenvalue weighted by atomic mass is 32.2. The van der Waals surface area contributed by atoms with E-state index in [0.717, 1.165) is 6.26 Å². The number of piperazine rings is 1. The Morgan fingerprint density at radius 1 is 1.23 bits per heavy atom. The van der Waals surface area contributed by atoms with Crippen molar-refractivity contribution in [3.63, 3.8) is 0 Å². The molecule has 1 aliphatic rings. The highest BCUT2D eigenvalue weighted by Crippen LogP contribution is 2.13. The van der Waals surface area contributed by atoms with Crippen LogP contribution in [0.25, 0.3) is 0 Å². The Balaban J connectivity index is 2.05. The van der Waals surface area contributed by atoms with Crippen molar-refractivity contribution in [2.75, 3.05) is 37.8 Å². The largest absolute Gasteiger partial charge is 0.373 e. The molecule has 1 fully saturated rings. The van der Waals surface area contributed by atoms with Gasteiger partial charge in [0.15, 0.2) is 5.78 Å². The Morgan fingerprint density at radius 2 is 1.88 bits per heavy atom. The molecule has 1 aromatic carbocycles. The number of amides is 1. The molecule has 1 saturated heterocycles. The van der Waals surface area contributed by atoms with Gasteiger partial charge >= 0.3 is 0 Å². The van der Waals surface area contributed by atoms with E-state index in [9.17, 15) is 23.3 Å². The summed E-state index contributed by atoms with van der Waals surface area (Å²) >= 11 is 0. The summed E-state index contributed by atoms with van der Waals surface area (Å²) in [5.74, 6) is -0.709. The summed E-state index contributed by atoms with van der Waals surface area (Å²) in [6.07, 6.45) is 2.59. The smallest absolute Gasteiger partial charge is 0.267 e. The molecule has 9 heteroatoms. The molecule has 1 aromatic rings. The molecule has 0 radical (unpaired) electrons. The number of nitrogens with zero attached hydrogens (tertiary/aromatic N) is 3. The fourth-order valence-corrected chi connectivity index (χ4v) is 3.33. The average molecular weight is 376 g/mol. The molecule has 2 rings (SSSR count). The summed E-state index contributed by atoms with van der Waals surface area (Å²) in [5.41, 5.74) is 0.791. The van der Waals surface area contributed by atoms with Gasteiger partial charge in [-0.2, -0.15) is 9.57 Å². The van der Waals surface area contributed by atoms with Crippen molar-refractivity contribution < 1.29 is 18.0 Å². The SMILES string of the molecule is CC(=O)c1cccc(NC(=O)/C(C#N)=C\N2CCN(S(C)(=O)=O)CC2)c1. The summed E-state index contributed by atoms with van der Waals surface area (Å²) in [6, 6.07) is 8.31. The van der Waals surface area contributed by atoms with Crippen LogP contribution in [0.5, 0.6) is 0 Å². The van der Waals surface area contributed by atoms with Crippen LogP contribution in [0.3, 0.4) is 0 Å². The quantitative estimate of drug-likeness (QED) is 0.463. The van der Waals surface area contributed by atoms with Crippen LogP contribution in [0.15, 0.2) is 36.0 Å². The monoisotopic (exact) mass is 376 g/mol. The first-order chi connectivity index (χ1) is 12.2. The molecule has 0 spiro atoms. The number of ketones is 1. The van der Waals surface area contributed by atoms with Gasteiger partial charge in [-0.25, -0.2) is 8.42 Å². The number of benzene rings is 1. The zero-order valence-corrected chi connectivity index (χ0v) is 15.4. The number of rotatable bonds is 5. The Morgan fingerprint density at radius 3 is 2.42 bits per heavy atom. The first-order valence-electron chi connectivity index (χ1n) is 7.94. The van der Waals surface area contributed by atoms with Gasteiger partial charge in [0, 0.05) is 43.6 Å². The fourth-order valence-electron chi connectivity index (χ4n) is 2.50. The predicted molar refractivity (Wildman–Crippen MR) is 96.8 cm³/mol. The van der Waals surface area contributed by atoms with E-state index in [2.05, 4.69) is 5.32 Å². The summed E-state index contributed by atoms with van der Waals surface area (Å²) in [4.78, 5) is 25.4. The van der Waals surface area contributed by atoms with Gasteiger partial charge in [0.25, 0.3) is 5.91 Å². The molecule has 0 atom stereocenters. The van der Waals surface area contributed by atoms with Gasteiger partial charge in [0.05, 0.1) is 6.26 Å². The highest BCUT2D eigenvalue weighted by Gasteiger charge is 2.23. The topological polar surface area (TPSA) is 111 Å². The lowest BCUT2D eigenvalue weighted by atomic mass is 10.1. The molecule has 1 aliphatic heterocycles. The molecule has 1 heterocycles. The number of carbonyl (C=O) groups excluding carboxylic acids is 2. The van der Waals surface area contributed by atoms with Crippen LogP contribution < -0.4 is 5.32 Å². The Hall–Kier alpha value is -2.70. The lowest BCUT2D eigenvalue weighted by Crippen LogP contribution is -2.46. The van der Waals surface area contributed by atoms with Crippen molar-refractivity contribution >= 4 is 27.4 Å². The molecule has 1 amide bonds. The number of nitriles is 1. The standard InChI is InChI=1S/C17H20N4O4S/c1-13(22)14-4-3-5-16(10-14)19-17(23)15(11-18)12-20-6-8-21(9-7-20)26(2,24)25/h3-5,10,12H,6-9H2,1-2H3,(H,19,23)/b15-12-. The molecule has 0 aromatic heterocycles. The maximum absolute atomic E-state index is 12.3. The van der Waals surface area contributed by atoms with Crippen molar-refractivity contribution in [1.82, 2.24) is 9.21 Å². The van der Waals surface area contributed by atoms with E-state index < -0.39 is 15.9 Å². The summed E-state index contributed by atoms with van der Waals surface area (Å²) < 4.78 is 24.4. The minimum Gasteiger partial charge on any atom is -0.373 e. The number of hydrogen-bond donors (Lipinski definition) is 1. The number of Topliss-reactive ketones (excluding diaryl/α,β-unsaturated/α-hetero) is 1. The van der Waals surface area contributed by atoms with E-state index >= 15 is 0 Å². The normalized spacial score (nSPS) is 16.0. The van der Waals surface area contributed by atoms with Crippen molar-refractivity contribution in [1.29, 1.82) is 5.26 Å². The number of carbonyl (C=O) groups is 2. The first kappa shape index (κ1) is 19.6. The van der Waals surface area contributed by atoms with E-state index in [1.807, 2.05) is 6.07 Å². The highest BCUT2D eigenvalue weighted by molar-refractivity contribution is 7.88. The molecule has 0 aliphatic carbocycles. The minimum atomic E-state index is -3.24. The summed E-state index contributed by atoms with van der Waals surface area (Å²) in [5, 5.41) is 11.9. The van der Waals surface area contributed by atoms with Gasteiger partial charge in [0.1, 0.15) is 11.6 Å². The van der Waals surface area contributed by atoms with Crippen LogP contribution in [0, 0.1) is 11.3 Å². The third-order valence-electron chi connectivity index (χ3n) is 3.95. The molecular weight excluding hydrogens is 356 g/mol. The summed E-state index contributed by atoms with van der Waals surface area (Å²) in [7, 11) is -3.24. The minimum absolute atomic E-state index is 0.0916. The van der Waals surface area contributed by atoms with E-state index in [1.54, 1.807) is 29.2 Å². The molecule has 26 heavy (non-hydrogen) atoms. The second-order valence-corrected chi connectivity index (χ2v) is 7.93. The number of hydrogen-bond acceptors (Lipinski definition) is 6. The van der Waals surface area contributed by atoms with Crippen LogP contribution in [0.1, 0.15) is 17.3 Å². The molecule has 138 valence electrons. The Kier molecular flexibility index (Phi) is 6.13. The first-order valence-corrected chi connectivity index (χ1v) is 9.79. The van der Waals surface area contributed by atoms with Gasteiger partial charge in [-0.1, -0.05) is 12.1 Å². The van der Waals surface area contributed by atoms with Gasteiger partial charge < -0.3 is 10.2 Å². The zero-order chi connectivity index (χ0) is 19.3. The molecule has 8 nitrogen and oxygen atoms in total. The van der Waals surface area contributed by atoms with Crippen molar-refractivity contribution in [2.24, 2.45) is 0 Å². The second-order valence-electron chi connectivity index (χ2n) is 5.94. The summed E-state index contributed by atoms with van der Waals surface area (Å²) in [6.45, 7) is 2.82. The van der Waals surface area contributed by atoms with Crippen molar-refractivity contribution in [3.05, 3.63) is 41.6 Å². The third-order valence-corrected chi connectivity index (χ3v) is 5.25. The van der Waals surface area contributed by atoms with E-state index in [0.29, 0.717) is 37.4 Å². The number of nitrogens with one attached hydrogen (secondary N) is 1. The molecule has 0 bridgehead atoms. The van der Waals surface area contributed by atoms with Crippen LogP contribution in [-0.2, 0) is 14.8 Å². The molecule has 1 N–H and O–H groups in total.